The molecule has 1 amide bonds. The molecule has 0 radical (unpaired) electrons. The summed E-state index contributed by atoms with van der Waals surface area (Å²) in [6, 6.07) is 2.12. The highest BCUT2D eigenvalue weighted by Gasteiger charge is 2.28. The first-order valence-electron chi connectivity index (χ1n) is 8.08. The van der Waals surface area contributed by atoms with Crippen LogP contribution in [0.4, 0.5) is 0 Å². The fourth-order valence-electron chi connectivity index (χ4n) is 3.22. The standard InChI is InChI=1S/C16H23N5O/c1-2-15-17-9-12-20(15)11-7-16(22)21-10-4-3-5-14(21)13-6-8-18-19-13/h6,8-9,12,14H,2-5,7,10-11H2,1H3,(H,18,19)/t14-/m1/s1. The predicted octanol–water partition coefficient (Wildman–Crippen LogP) is 2.31. The monoisotopic (exact) mass is 301 g/mol. The molecular weight excluding hydrogens is 278 g/mol. The Morgan fingerprint density at radius 3 is 3.09 bits per heavy atom. The molecule has 3 rings (SSSR count). The molecule has 0 saturated carbocycles. The molecule has 0 bridgehead atoms. The van der Waals surface area contributed by atoms with Crippen molar-refractivity contribution in [2.75, 3.05) is 6.54 Å². The molecule has 3 heterocycles. The van der Waals surface area contributed by atoms with E-state index in [0.29, 0.717) is 13.0 Å². The van der Waals surface area contributed by atoms with Crippen LogP contribution in [0, 0.1) is 0 Å². The number of aromatic amines is 1. The SMILES string of the molecule is CCc1nccn1CCC(=O)N1CCCC[C@@H]1c1ccn[nH]1. The van der Waals surface area contributed by atoms with Crippen molar-refractivity contribution < 1.29 is 4.79 Å². The molecule has 2 aromatic rings. The van der Waals surface area contributed by atoms with Crippen molar-refractivity contribution >= 4 is 5.91 Å². The number of likely N-dealkylation sites (tertiary alicyclic amines) is 1. The van der Waals surface area contributed by atoms with E-state index in [1.807, 2.05) is 17.2 Å². The van der Waals surface area contributed by atoms with Gasteiger partial charge in [-0.05, 0) is 25.3 Å². The smallest absolute Gasteiger partial charge is 0.224 e. The van der Waals surface area contributed by atoms with Gasteiger partial charge in [0.2, 0.25) is 5.91 Å². The van der Waals surface area contributed by atoms with Gasteiger partial charge >= 0.3 is 0 Å². The van der Waals surface area contributed by atoms with Crippen LogP contribution in [0.15, 0.2) is 24.7 Å². The van der Waals surface area contributed by atoms with Gasteiger partial charge in [-0.25, -0.2) is 4.98 Å². The Kier molecular flexibility index (Phi) is 4.56. The summed E-state index contributed by atoms with van der Waals surface area (Å²) in [6.45, 7) is 3.63. The van der Waals surface area contributed by atoms with Crippen LogP contribution in [-0.4, -0.2) is 37.1 Å². The Bertz CT molecular complexity index is 604. The van der Waals surface area contributed by atoms with E-state index in [1.165, 1.54) is 0 Å². The first kappa shape index (κ1) is 14.8. The number of nitrogens with one attached hydrogen (secondary N) is 1. The third-order valence-electron chi connectivity index (χ3n) is 4.39. The summed E-state index contributed by atoms with van der Waals surface area (Å²) in [5.41, 5.74) is 1.05. The topological polar surface area (TPSA) is 66.8 Å². The fraction of sp³-hybridized carbons (Fsp3) is 0.562. The predicted molar refractivity (Wildman–Crippen MR) is 83.1 cm³/mol. The largest absolute Gasteiger partial charge is 0.334 e. The molecule has 1 aliphatic rings. The molecule has 2 aromatic heterocycles. The highest BCUT2D eigenvalue weighted by atomic mass is 16.2. The van der Waals surface area contributed by atoms with Gasteiger partial charge < -0.3 is 9.47 Å². The highest BCUT2D eigenvalue weighted by molar-refractivity contribution is 5.76. The van der Waals surface area contributed by atoms with E-state index in [1.54, 1.807) is 12.4 Å². The molecule has 1 fully saturated rings. The van der Waals surface area contributed by atoms with Crippen molar-refractivity contribution in [2.45, 2.75) is 51.6 Å². The summed E-state index contributed by atoms with van der Waals surface area (Å²) in [5, 5.41) is 7.05. The maximum atomic E-state index is 12.7. The molecule has 0 unspecified atom stereocenters. The molecule has 1 atom stereocenters. The van der Waals surface area contributed by atoms with Crippen molar-refractivity contribution in [2.24, 2.45) is 0 Å². The summed E-state index contributed by atoms with van der Waals surface area (Å²) in [6.07, 6.45) is 10.2. The van der Waals surface area contributed by atoms with Gasteiger partial charge in [0.25, 0.3) is 0 Å². The molecule has 1 aliphatic heterocycles. The molecule has 0 spiro atoms. The summed E-state index contributed by atoms with van der Waals surface area (Å²) in [4.78, 5) is 19.0. The Labute approximate surface area is 130 Å². The van der Waals surface area contributed by atoms with E-state index in [-0.39, 0.29) is 11.9 Å². The lowest BCUT2D eigenvalue weighted by Crippen LogP contribution is -2.39. The van der Waals surface area contributed by atoms with E-state index in [2.05, 4.69) is 26.7 Å². The zero-order valence-corrected chi connectivity index (χ0v) is 13.0. The van der Waals surface area contributed by atoms with Gasteiger partial charge in [0.1, 0.15) is 5.82 Å². The molecule has 0 aliphatic carbocycles. The summed E-state index contributed by atoms with van der Waals surface area (Å²) >= 11 is 0. The normalized spacial score (nSPS) is 18.6. The Hall–Kier alpha value is -2.11. The Morgan fingerprint density at radius 1 is 1.41 bits per heavy atom. The minimum absolute atomic E-state index is 0.150. The second-order valence-corrected chi connectivity index (χ2v) is 5.75. The lowest BCUT2D eigenvalue weighted by molar-refractivity contribution is -0.135. The number of hydrogen-bond acceptors (Lipinski definition) is 3. The van der Waals surface area contributed by atoms with Crippen molar-refractivity contribution in [3.63, 3.8) is 0 Å². The third kappa shape index (κ3) is 3.05. The van der Waals surface area contributed by atoms with Crippen molar-refractivity contribution in [3.05, 3.63) is 36.2 Å². The number of carbonyl (C=O) groups is 1. The van der Waals surface area contributed by atoms with E-state index in [0.717, 1.165) is 43.7 Å². The number of aromatic nitrogens is 4. The number of hydrogen-bond donors (Lipinski definition) is 1. The molecule has 0 aromatic carbocycles. The quantitative estimate of drug-likeness (QED) is 0.921. The maximum Gasteiger partial charge on any atom is 0.224 e. The van der Waals surface area contributed by atoms with Gasteiger partial charge in [0.15, 0.2) is 0 Å². The average molecular weight is 301 g/mol. The maximum absolute atomic E-state index is 12.7. The summed E-state index contributed by atoms with van der Waals surface area (Å²) in [7, 11) is 0. The van der Waals surface area contributed by atoms with Crippen LogP contribution in [0.5, 0.6) is 0 Å². The van der Waals surface area contributed by atoms with Crippen molar-refractivity contribution in [1.29, 1.82) is 0 Å². The van der Waals surface area contributed by atoms with E-state index in [9.17, 15) is 4.79 Å². The summed E-state index contributed by atoms with van der Waals surface area (Å²) in [5.74, 6) is 1.26. The van der Waals surface area contributed by atoms with Crippen LogP contribution in [0.1, 0.15) is 50.2 Å². The van der Waals surface area contributed by atoms with E-state index in [4.69, 9.17) is 0 Å². The van der Waals surface area contributed by atoms with Crippen LogP contribution < -0.4 is 0 Å². The number of piperidine rings is 1. The molecule has 6 nitrogen and oxygen atoms in total. The fourth-order valence-corrected chi connectivity index (χ4v) is 3.22. The minimum Gasteiger partial charge on any atom is -0.334 e. The lowest BCUT2D eigenvalue weighted by Gasteiger charge is -2.35. The van der Waals surface area contributed by atoms with Gasteiger partial charge in [-0.2, -0.15) is 5.10 Å². The Morgan fingerprint density at radius 2 is 2.32 bits per heavy atom. The van der Waals surface area contributed by atoms with Crippen LogP contribution in [0.2, 0.25) is 0 Å². The lowest BCUT2D eigenvalue weighted by atomic mass is 9.99. The Balaban J connectivity index is 1.65. The van der Waals surface area contributed by atoms with Crippen molar-refractivity contribution in [3.8, 4) is 0 Å². The third-order valence-corrected chi connectivity index (χ3v) is 4.39. The van der Waals surface area contributed by atoms with Crippen LogP contribution in [0.25, 0.3) is 0 Å². The minimum atomic E-state index is 0.150. The van der Waals surface area contributed by atoms with Crippen LogP contribution >= 0.6 is 0 Å². The number of aryl methyl sites for hydroxylation is 2. The van der Waals surface area contributed by atoms with Crippen molar-refractivity contribution in [1.82, 2.24) is 24.6 Å². The molecular formula is C16H23N5O. The average Bonchev–Trinajstić information content (AvgIpc) is 3.23. The zero-order chi connectivity index (χ0) is 15.4. The number of imidazole rings is 1. The molecule has 22 heavy (non-hydrogen) atoms. The summed E-state index contributed by atoms with van der Waals surface area (Å²) < 4.78 is 2.08. The van der Waals surface area contributed by atoms with E-state index < -0.39 is 0 Å². The number of nitrogens with zero attached hydrogens (tertiary/aromatic N) is 4. The van der Waals surface area contributed by atoms with Gasteiger partial charge in [0, 0.05) is 44.5 Å². The zero-order valence-electron chi connectivity index (χ0n) is 13.0. The first-order valence-corrected chi connectivity index (χ1v) is 8.08. The molecule has 1 N–H and O–H groups in total. The van der Waals surface area contributed by atoms with E-state index >= 15 is 0 Å². The number of carbonyl (C=O) groups excluding carboxylic acids is 1. The number of H-pyrrole nitrogens is 1. The number of amides is 1. The van der Waals surface area contributed by atoms with Gasteiger partial charge in [-0.15, -0.1) is 0 Å². The second-order valence-electron chi connectivity index (χ2n) is 5.75. The van der Waals surface area contributed by atoms with Crippen LogP contribution in [-0.2, 0) is 17.8 Å². The first-order chi connectivity index (χ1) is 10.8. The molecule has 1 saturated heterocycles. The van der Waals surface area contributed by atoms with Gasteiger partial charge in [-0.3, -0.25) is 9.89 Å². The molecule has 6 heteroatoms. The van der Waals surface area contributed by atoms with Gasteiger partial charge in [0.05, 0.1) is 11.7 Å². The van der Waals surface area contributed by atoms with Gasteiger partial charge in [-0.1, -0.05) is 6.92 Å². The highest BCUT2D eigenvalue weighted by Crippen LogP contribution is 2.30. The molecule has 118 valence electrons. The van der Waals surface area contributed by atoms with Crippen LogP contribution in [0.3, 0.4) is 0 Å². The number of rotatable bonds is 5. The second kappa shape index (κ2) is 6.77.